The summed E-state index contributed by atoms with van der Waals surface area (Å²) in [6, 6.07) is 7.28. The standard InChI is InChI=1S/C20H29N3O4S/c1-20(2,3)27-19(26)22-13-17(24)21-12-14-8-10-23(11-9-14)18(25)15-6-4-5-7-16(15)28/h4-7,14,28H,8-13H2,1-3H3,(H,21,24)(H,22,26). The van der Waals surface area contributed by atoms with Gasteiger partial charge in [0.05, 0.1) is 12.1 Å². The van der Waals surface area contributed by atoms with Gasteiger partial charge in [0.2, 0.25) is 5.91 Å². The van der Waals surface area contributed by atoms with Crippen LogP contribution >= 0.6 is 12.6 Å². The number of carbonyl (C=O) groups is 3. The highest BCUT2D eigenvalue weighted by atomic mass is 32.1. The van der Waals surface area contributed by atoms with Crippen molar-refractivity contribution in [3.05, 3.63) is 29.8 Å². The highest BCUT2D eigenvalue weighted by Crippen LogP contribution is 2.21. The van der Waals surface area contributed by atoms with Crippen LogP contribution in [0.4, 0.5) is 4.79 Å². The lowest BCUT2D eigenvalue weighted by Crippen LogP contribution is -2.44. The van der Waals surface area contributed by atoms with Crippen LogP contribution < -0.4 is 10.6 Å². The number of amides is 3. The molecule has 0 radical (unpaired) electrons. The Morgan fingerprint density at radius 2 is 1.79 bits per heavy atom. The summed E-state index contributed by atoms with van der Waals surface area (Å²) in [6.45, 7) is 7.00. The van der Waals surface area contributed by atoms with Crippen molar-refractivity contribution in [2.75, 3.05) is 26.2 Å². The summed E-state index contributed by atoms with van der Waals surface area (Å²) in [4.78, 5) is 38.6. The van der Waals surface area contributed by atoms with Crippen molar-refractivity contribution in [3.63, 3.8) is 0 Å². The number of nitrogens with one attached hydrogen (secondary N) is 2. The summed E-state index contributed by atoms with van der Waals surface area (Å²) in [6.07, 6.45) is 1.03. The van der Waals surface area contributed by atoms with Crippen molar-refractivity contribution in [1.82, 2.24) is 15.5 Å². The normalized spacial score (nSPS) is 15.1. The van der Waals surface area contributed by atoms with E-state index in [1.807, 2.05) is 23.1 Å². The smallest absolute Gasteiger partial charge is 0.408 e. The molecule has 2 rings (SSSR count). The predicted molar refractivity (Wildman–Crippen MR) is 110 cm³/mol. The first-order valence-corrected chi connectivity index (χ1v) is 9.91. The number of rotatable bonds is 5. The molecular weight excluding hydrogens is 378 g/mol. The van der Waals surface area contributed by atoms with Crippen LogP contribution in [0.3, 0.4) is 0 Å². The minimum Gasteiger partial charge on any atom is -0.444 e. The molecule has 0 saturated carbocycles. The van der Waals surface area contributed by atoms with Crippen molar-refractivity contribution < 1.29 is 19.1 Å². The molecule has 0 atom stereocenters. The Bertz CT molecular complexity index is 710. The zero-order chi connectivity index (χ0) is 20.7. The van der Waals surface area contributed by atoms with Crippen molar-refractivity contribution in [2.45, 2.75) is 44.1 Å². The van der Waals surface area contributed by atoms with Gasteiger partial charge in [0, 0.05) is 24.5 Å². The van der Waals surface area contributed by atoms with Gasteiger partial charge in [0.15, 0.2) is 0 Å². The molecule has 28 heavy (non-hydrogen) atoms. The zero-order valence-corrected chi connectivity index (χ0v) is 17.6. The summed E-state index contributed by atoms with van der Waals surface area (Å²) in [5.41, 5.74) is 0.0187. The molecule has 1 saturated heterocycles. The molecule has 0 aromatic heterocycles. The summed E-state index contributed by atoms with van der Waals surface area (Å²) < 4.78 is 5.09. The first-order chi connectivity index (χ1) is 13.2. The van der Waals surface area contributed by atoms with Gasteiger partial charge in [0.25, 0.3) is 5.91 Å². The highest BCUT2D eigenvalue weighted by molar-refractivity contribution is 7.80. The molecule has 1 aliphatic rings. The molecule has 0 spiro atoms. The molecule has 8 heteroatoms. The van der Waals surface area contributed by atoms with Crippen molar-refractivity contribution in [1.29, 1.82) is 0 Å². The summed E-state index contributed by atoms with van der Waals surface area (Å²) in [5, 5.41) is 5.27. The minimum absolute atomic E-state index is 0.00496. The fourth-order valence-corrected chi connectivity index (χ4v) is 3.21. The Balaban J connectivity index is 1.68. The number of hydrogen-bond donors (Lipinski definition) is 3. The number of alkyl carbamates (subject to hydrolysis) is 1. The summed E-state index contributed by atoms with van der Waals surface area (Å²) in [7, 11) is 0. The molecule has 1 aliphatic heterocycles. The number of likely N-dealkylation sites (tertiary alicyclic amines) is 1. The lowest BCUT2D eigenvalue weighted by atomic mass is 9.96. The number of nitrogens with zero attached hydrogens (tertiary/aromatic N) is 1. The van der Waals surface area contributed by atoms with E-state index < -0.39 is 11.7 Å². The lowest BCUT2D eigenvalue weighted by Gasteiger charge is -2.32. The topological polar surface area (TPSA) is 87.7 Å². The van der Waals surface area contributed by atoms with Gasteiger partial charge >= 0.3 is 6.09 Å². The maximum Gasteiger partial charge on any atom is 0.408 e. The Hall–Kier alpha value is -2.22. The van der Waals surface area contributed by atoms with E-state index in [1.165, 1.54) is 0 Å². The number of thiol groups is 1. The number of ether oxygens (including phenoxy) is 1. The van der Waals surface area contributed by atoms with E-state index in [0.29, 0.717) is 36.0 Å². The van der Waals surface area contributed by atoms with Gasteiger partial charge in [-0.3, -0.25) is 9.59 Å². The molecule has 2 N–H and O–H groups in total. The van der Waals surface area contributed by atoms with Gasteiger partial charge in [-0.25, -0.2) is 4.79 Å². The van der Waals surface area contributed by atoms with Crippen LogP contribution in [-0.2, 0) is 9.53 Å². The molecule has 3 amide bonds. The first kappa shape index (κ1) is 22.1. The van der Waals surface area contributed by atoms with Gasteiger partial charge in [-0.05, 0) is 51.7 Å². The quantitative estimate of drug-likeness (QED) is 0.655. The lowest BCUT2D eigenvalue weighted by molar-refractivity contribution is -0.120. The molecule has 0 bridgehead atoms. The summed E-state index contributed by atoms with van der Waals surface area (Å²) in [5.74, 6) is 0.0452. The molecule has 0 unspecified atom stereocenters. The summed E-state index contributed by atoms with van der Waals surface area (Å²) >= 11 is 4.35. The van der Waals surface area contributed by atoms with Gasteiger partial charge in [-0.15, -0.1) is 12.6 Å². The Morgan fingerprint density at radius 1 is 1.14 bits per heavy atom. The van der Waals surface area contributed by atoms with Crippen LogP contribution in [0.2, 0.25) is 0 Å². The Kier molecular flexibility index (Phi) is 7.74. The Morgan fingerprint density at radius 3 is 2.39 bits per heavy atom. The van der Waals surface area contributed by atoms with Crippen LogP contribution in [0.1, 0.15) is 44.0 Å². The predicted octanol–water partition coefficient (Wildman–Crippen LogP) is 2.47. The molecule has 1 fully saturated rings. The molecule has 1 heterocycles. The van der Waals surface area contributed by atoms with Crippen molar-refractivity contribution in [3.8, 4) is 0 Å². The van der Waals surface area contributed by atoms with Crippen molar-refractivity contribution in [2.24, 2.45) is 5.92 Å². The molecule has 0 aliphatic carbocycles. The van der Waals surface area contributed by atoms with E-state index in [4.69, 9.17) is 4.74 Å². The van der Waals surface area contributed by atoms with E-state index in [9.17, 15) is 14.4 Å². The third-order valence-corrected chi connectivity index (χ3v) is 4.81. The van der Waals surface area contributed by atoms with Crippen LogP contribution in [0, 0.1) is 5.92 Å². The molecular formula is C20H29N3O4S. The fraction of sp³-hybridized carbons (Fsp3) is 0.550. The van der Waals surface area contributed by atoms with Gasteiger partial charge in [0.1, 0.15) is 5.60 Å². The van der Waals surface area contributed by atoms with Crippen molar-refractivity contribution >= 4 is 30.5 Å². The number of piperidine rings is 1. The maximum atomic E-state index is 12.6. The van der Waals surface area contributed by atoms with Crippen LogP contribution in [-0.4, -0.2) is 54.6 Å². The number of carbonyl (C=O) groups excluding carboxylic acids is 3. The second-order valence-electron chi connectivity index (χ2n) is 7.91. The second-order valence-corrected chi connectivity index (χ2v) is 8.39. The van der Waals surface area contributed by atoms with E-state index in [0.717, 1.165) is 12.8 Å². The fourth-order valence-electron chi connectivity index (χ4n) is 2.95. The second kappa shape index (κ2) is 9.82. The molecule has 1 aromatic carbocycles. The third kappa shape index (κ3) is 7.07. The number of hydrogen-bond acceptors (Lipinski definition) is 5. The molecule has 154 valence electrons. The first-order valence-electron chi connectivity index (χ1n) is 9.46. The highest BCUT2D eigenvalue weighted by Gasteiger charge is 2.25. The monoisotopic (exact) mass is 407 g/mol. The van der Waals surface area contributed by atoms with Gasteiger partial charge < -0.3 is 20.3 Å². The van der Waals surface area contributed by atoms with Crippen LogP contribution in [0.25, 0.3) is 0 Å². The van der Waals surface area contributed by atoms with E-state index in [1.54, 1.807) is 26.8 Å². The minimum atomic E-state index is -0.612. The number of benzene rings is 1. The van der Waals surface area contributed by atoms with Gasteiger partial charge in [-0.1, -0.05) is 12.1 Å². The maximum absolute atomic E-state index is 12.6. The molecule has 7 nitrogen and oxygen atoms in total. The van der Waals surface area contributed by atoms with Crippen LogP contribution in [0.5, 0.6) is 0 Å². The van der Waals surface area contributed by atoms with E-state index >= 15 is 0 Å². The average molecular weight is 408 g/mol. The van der Waals surface area contributed by atoms with E-state index in [-0.39, 0.29) is 18.4 Å². The SMILES string of the molecule is CC(C)(C)OC(=O)NCC(=O)NCC1CCN(C(=O)c2ccccc2S)CC1. The Labute approximate surface area is 171 Å². The third-order valence-electron chi connectivity index (χ3n) is 4.42. The molecule has 1 aromatic rings. The zero-order valence-electron chi connectivity index (χ0n) is 16.7. The van der Waals surface area contributed by atoms with Crippen LogP contribution in [0.15, 0.2) is 29.2 Å². The largest absolute Gasteiger partial charge is 0.444 e. The van der Waals surface area contributed by atoms with Gasteiger partial charge in [-0.2, -0.15) is 0 Å². The average Bonchev–Trinajstić information content (AvgIpc) is 2.63. The van der Waals surface area contributed by atoms with E-state index in [2.05, 4.69) is 23.3 Å².